The number of hydrogen-bond acceptors (Lipinski definition) is 7. The van der Waals surface area contributed by atoms with E-state index < -0.39 is 0 Å². The van der Waals surface area contributed by atoms with Gasteiger partial charge in [0, 0.05) is 17.6 Å². The lowest BCUT2D eigenvalue weighted by Gasteiger charge is -2.12. The maximum absolute atomic E-state index is 12.5. The van der Waals surface area contributed by atoms with E-state index in [2.05, 4.69) is 25.5 Å². The number of anilines is 1. The Kier molecular flexibility index (Phi) is 3.42. The maximum Gasteiger partial charge on any atom is 0.265 e. The fourth-order valence-corrected chi connectivity index (χ4v) is 4.34. The summed E-state index contributed by atoms with van der Waals surface area (Å²) in [6.45, 7) is 1.87. The van der Waals surface area contributed by atoms with E-state index in [1.54, 1.807) is 4.57 Å². The second kappa shape index (κ2) is 5.46. The van der Waals surface area contributed by atoms with Crippen molar-refractivity contribution in [3.8, 4) is 0 Å². The number of H-pyrrole nitrogens is 1. The van der Waals surface area contributed by atoms with Gasteiger partial charge in [0.25, 0.3) is 5.56 Å². The number of thiazole rings is 1. The standard InChI is InChI=1S/C13H12N6O2S2/c1-6-4-22-12(15-6)16-9(20)2-7-5-23-13-17-10-8(3-14-18-10)11(21)19(7)13/h3-4,7H,2,5H2,1H3,(H,14,18)(H,15,16,20). The molecule has 118 valence electrons. The molecule has 1 aliphatic heterocycles. The van der Waals surface area contributed by atoms with E-state index in [1.165, 1.54) is 29.3 Å². The molecule has 0 spiro atoms. The van der Waals surface area contributed by atoms with Gasteiger partial charge in [0.15, 0.2) is 15.9 Å². The van der Waals surface area contributed by atoms with Crippen LogP contribution in [0, 0.1) is 6.92 Å². The van der Waals surface area contributed by atoms with E-state index in [-0.39, 0.29) is 23.9 Å². The monoisotopic (exact) mass is 348 g/mol. The Labute approximate surface area is 138 Å². The summed E-state index contributed by atoms with van der Waals surface area (Å²) in [4.78, 5) is 33.3. The molecule has 1 atom stereocenters. The Morgan fingerprint density at radius 2 is 2.39 bits per heavy atom. The Bertz CT molecular complexity index is 959. The van der Waals surface area contributed by atoms with Crippen LogP contribution in [0.5, 0.6) is 0 Å². The molecule has 1 aliphatic rings. The Balaban J connectivity index is 1.58. The van der Waals surface area contributed by atoms with Gasteiger partial charge in [-0.05, 0) is 6.92 Å². The van der Waals surface area contributed by atoms with E-state index in [9.17, 15) is 9.59 Å². The van der Waals surface area contributed by atoms with Crippen molar-refractivity contribution < 1.29 is 4.79 Å². The zero-order valence-corrected chi connectivity index (χ0v) is 13.7. The van der Waals surface area contributed by atoms with Crippen LogP contribution in [0.2, 0.25) is 0 Å². The molecule has 0 saturated carbocycles. The van der Waals surface area contributed by atoms with Crippen molar-refractivity contribution in [2.24, 2.45) is 0 Å². The van der Waals surface area contributed by atoms with Gasteiger partial charge in [-0.25, -0.2) is 9.97 Å². The van der Waals surface area contributed by atoms with Crippen molar-refractivity contribution >= 4 is 45.2 Å². The molecular formula is C13H12N6O2S2. The smallest absolute Gasteiger partial charge is 0.265 e. The summed E-state index contributed by atoms with van der Waals surface area (Å²) in [5.41, 5.74) is 1.19. The molecule has 0 fully saturated rings. The number of nitrogens with one attached hydrogen (secondary N) is 2. The minimum atomic E-state index is -0.213. The SMILES string of the molecule is Cc1csc(NC(=O)CC2CSc3nc4[nH]ncc4c(=O)n32)n1. The summed E-state index contributed by atoms with van der Waals surface area (Å²) >= 11 is 2.86. The number of carbonyl (C=O) groups is 1. The quantitative estimate of drug-likeness (QED) is 0.696. The third-order valence-corrected chi connectivity index (χ3v) is 5.51. The number of aromatic nitrogens is 5. The molecule has 1 amide bonds. The molecule has 23 heavy (non-hydrogen) atoms. The van der Waals surface area contributed by atoms with Crippen molar-refractivity contribution in [3.05, 3.63) is 27.6 Å². The highest BCUT2D eigenvalue weighted by atomic mass is 32.2. The number of carbonyl (C=O) groups excluding carboxylic acids is 1. The zero-order valence-electron chi connectivity index (χ0n) is 12.1. The lowest BCUT2D eigenvalue weighted by molar-refractivity contribution is -0.116. The number of hydrogen-bond donors (Lipinski definition) is 2. The molecule has 1 unspecified atom stereocenters. The van der Waals surface area contributed by atoms with Crippen molar-refractivity contribution in [2.45, 2.75) is 24.5 Å². The van der Waals surface area contributed by atoms with Gasteiger partial charge < -0.3 is 5.32 Å². The number of amides is 1. The number of nitrogens with zero attached hydrogens (tertiary/aromatic N) is 4. The highest BCUT2D eigenvalue weighted by Crippen LogP contribution is 2.33. The fourth-order valence-electron chi connectivity index (χ4n) is 2.50. The summed E-state index contributed by atoms with van der Waals surface area (Å²) in [5.74, 6) is 0.490. The van der Waals surface area contributed by atoms with Crippen molar-refractivity contribution in [1.82, 2.24) is 24.7 Å². The van der Waals surface area contributed by atoms with Crippen LogP contribution >= 0.6 is 23.1 Å². The molecule has 0 bridgehead atoms. The molecule has 0 radical (unpaired) electrons. The van der Waals surface area contributed by atoms with E-state index in [4.69, 9.17) is 0 Å². The lowest BCUT2D eigenvalue weighted by atomic mass is 10.2. The van der Waals surface area contributed by atoms with Gasteiger partial charge in [-0.15, -0.1) is 11.3 Å². The number of aromatic amines is 1. The van der Waals surface area contributed by atoms with Gasteiger partial charge >= 0.3 is 0 Å². The molecule has 2 N–H and O–H groups in total. The van der Waals surface area contributed by atoms with Gasteiger partial charge in [0.1, 0.15) is 5.39 Å². The molecule has 10 heteroatoms. The molecule has 3 aromatic heterocycles. The number of rotatable bonds is 3. The summed E-state index contributed by atoms with van der Waals surface area (Å²) in [6, 6.07) is -0.213. The summed E-state index contributed by atoms with van der Waals surface area (Å²) in [7, 11) is 0. The summed E-state index contributed by atoms with van der Waals surface area (Å²) < 4.78 is 1.59. The van der Waals surface area contributed by atoms with Gasteiger partial charge in [-0.1, -0.05) is 11.8 Å². The maximum atomic E-state index is 12.5. The van der Waals surface area contributed by atoms with Crippen molar-refractivity contribution in [3.63, 3.8) is 0 Å². The lowest BCUT2D eigenvalue weighted by Crippen LogP contribution is -2.27. The van der Waals surface area contributed by atoms with E-state index in [0.29, 0.717) is 27.1 Å². The Morgan fingerprint density at radius 1 is 1.52 bits per heavy atom. The molecule has 4 rings (SSSR count). The van der Waals surface area contributed by atoms with E-state index in [1.807, 2.05) is 12.3 Å². The molecule has 0 saturated heterocycles. The van der Waals surface area contributed by atoms with Gasteiger partial charge in [-0.3, -0.25) is 19.3 Å². The molecule has 3 aromatic rings. The van der Waals surface area contributed by atoms with Crippen LogP contribution in [0.1, 0.15) is 18.2 Å². The van der Waals surface area contributed by atoms with Crippen LogP contribution in [-0.2, 0) is 4.79 Å². The normalized spacial score (nSPS) is 16.7. The molecule has 0 aromatic carbocycles. The summed E-state index contributed by atoms with van der Waals surface area (Å²) in [6.07, 6.45) is 1.68. The van der Waals surface area contributed by atoms with Crippen LogP contribution < -0.4 is 10.9 Å². The van der Waals surface area contributed by atoms with Gasteiger partial charge in [0.2, 0.25) is 5.91 Å². The van der Waals surface area contributed by atoms with Gasteiger partial charge in [-0.2, -0.15) is 5.10 Å². The highest BCUT2D eigenvalue weighted by Gasteiger charge is 2.29. The third-order valence-electron chi connectivity index (χ3n) is 3.54. The third kappa shape index (κ3) is 2.53. The fraction of sp³-hybridized carbons (Fsp3) is 0.308. The summed E-state index contributed by atoms with van der Waals surface area (Å²) in [5, 5.41) is 12.8. The number of fused-ring (bicyclic) bond motifs is 2. The first-order valence-corrected chi connectivity index (χ1v) is 8.79. The van der Waals surface area contributed by atoms with Crippen LogP contribution in [0.25, 0.3) is 11.0 Å². The average Bonchev–Trinajstić information content (AvgIpc) is 3.20. The molecule has 0 aliphatic carbocycles. The first kappa shape index (κ1) is 14.4. The first-order valence-electron chi connectivity index (χ1n) is 6.92. The average molecular weight is 348 g/mol. The predicted molar refractivity (Wildman–Crippen MR) is 88.0 cm³/mol. The van der Waals surface area contributed by atoms with Crippen molar-refractivity contribution in [2.75, 3.05) is 11.1 Å². The number of thioether (sulfide) groups is 1. The van der Waals surface area contributed by atoms with E-state index in [0.717, 1.165) is 5.69 Å². The van der Waals surface area contributed by atoms with Crippen LogP contribution in [-0.4, -0.2) is 36.4 Å². The van der Waals surface area contributed by atoms with E-state index >= 15 is 0 Å². The topological polar surface area (TPSA) is 106 Å². The minimum absolute atomic E-state index is 0.156. The largest absolute Gasteiger partial charge is 0.302 e. The number of aryl methyl sites for hydroxylation is 1. The zero-order chi connectivity index (χ0) is 16.0. The Hall–Kier alpha value is -2.20. The molecular weight excluding hydrogens is 336 g/mol. The predicted octanol–water partition coefficient (Wildman–Crippen LogP) is 1.56. The van der Waals surface area contributed by atoms with Crippen molar-refractivity contribution in [1.29, 1.82) is 0 Å². The first-order chi connectivity index (χ1) is 11.1. The molecule has 4 heterocycles. The second-order valence-electron chi connectivity index (χ2n) is 5.21. The highest BCUT2D eigenvalue weighted by molar-refractivity contribution is 7.99. The molecule has 8 nitrogen and oxygen atoms in total. The Morgan fingerprint density at radius 3 is 3.17 bits per heavy atom. The van der Waals surface area contributed by atoms with Gasteiger partial charge in [0.05, 0.1) is 17.9 Å². The van der Waals surface area contributed by atoms with Crippen LogP contribution in [0.3, 0.4) is 0 Å². The van der Waals surface area contributed by atoms with Crippen LogP contribution in [0.4, 0.5) is 5.13 Å². The second-order valence-corrected chi connectivity index (χ2v) is 7.06. The minimum Gasteiger partial charge on any atom is -0.302 e. The van der Waals surface area contributed by atoms with Crippen LogP contribution in [0.15, 0.2) is 21.5 Å².